The second kappa shape index (κ2) is 6.72. The molecule has 0 radical (unpaired) electrons. The topological polar surface area (TPSA) is 85.8 Å². The molecule has 130 valence electrons. The summed E-state index contributed by atoms with van der Waals surface area (Å²) in [6.45, 7) is 6.21. The molecule has 8 heteroatoms. The first-order valence-electron chi connectivity index (χ1n) is 8.60. The molecule has 8 nitrogen and oxygen atoms in total. The summed E-state index contributed by atoms with van der Waals surface area (Å²) in [5.74, 6) is 2.11. The first-order chi connectivity index (χ1) is 12.2. The third-order valence-corrected chi connectivity index (χ3v) is 4.56. The zero-order valence-electron chi connectivity index (χ0n) is 14.5. The maximum atomic E-state index is 5.74. The summed E-state index contributed by atoms with van der Waals surface area (Å²) >= 11 is 0. The molecule has 0 bridgehead atoms. The molecule has 0 saturated heterocycles. The number of rotatable bonds is 5. The molecule has 0 saturated carbocycles. The highest BCUT2D eigenvalue weighted by Crippen LogP contribution is 2.33. The minimum Gasteiger partial charge on any atom is -0.424 e. The first kappa shape index (κ1) is 15.9. The number of fused-ring (bicyclic) bond motifs is 1. The van der Waals surface area contributed by atoms with Crippen LogP contribution in [-0.4, -0.2) is 35.3 Å². The van der Waals surface area contributed by atoms with E-state index in [0.717, 1.165) is 31.8 Å². The maximum absolute atomic E-state index is 5.74. The van der Waals surface area contributed by atoms with Gasteiger partial charge < -0.3 is 4.42 Å². The molecule has 1 aromatic carbocycles. The van der Waals surface area contributed by atoms with Gasteiger partial charge in [-0.3, -0.25) is 4.90 Å². The fourth-order valence-electron chi connectivity index (χ4n) is 3.34. The van der Waals surface area contributed by atoms with Crippen LogP contribution in [0.25, 0.3) is 0 Å². The third kappa shape index (κ3) is 3.17. The van der Waals surface area contributed by atoms with Crippen molar-refractivity contribution in [3.05, 3.63) is 53.0 Å². The molecule has 3 aromatic rings. The maximum Gasteiger partial charge on any atom is 0.233 e. The molecular weight excluding hydrogens is 318 g/mol. The van der Waals surface area contributed by atoms with E-state index in [1.54, 1.807) is 0 Å². The Morgan fingerprint density at radius 3 is 2.76 bits per heavy atom. The van der Waals surface area contributed by atoms with Crippen molar-refractivity contribution < 1.29 is 4.42 Å². The van der Waals surface area contributed by atoms with E-state index in [2.05, 4.69) is 61.8 Å². The van der Waals surface area contributed by atoms with Crippen molar-refractivity contribution in [3.8, 4) is 0 Å². The minimum atomic E-state index is 0.0304. The SMILES string of the molecule is CCCn1nnnc1CN1Cc2ccccc2C[C@@H]1c1nnc(C)o1. The average Bonchev–Trinajstić information content (AvgIpc) is 3.24. The molecule has 0 spiro atoms. The van der Waals surface area contributed by atoms with Crippen molar-refractivity contribution in [1.29, 1.82) is 0 Å². The number of tetrazole rings is 1. The van der Waals surface area contributed by atoms with Crippen LogP contribution in [0.2, 0.25) is 0 Å². The second-order valence-corrected chi connectivity index (χ2v) is 6.37. The molecule has 1 aliphatic rings. The van der Waals surface area contributed by atoms with Crippen molar-refractivity contribution in [3.63, 3.8) is 0 Å². The largest absolute Gasteiger partial charge is 0.424 e. The lowest BCUT2D eigenvalue weighted by molar-refractivity contribution is 0.131. The van der Waals surface area contributed by atoms with E-state index >= 15 is 0 Å². The lowest BCUT2D eigenvalue weighted by atomic mass is 9.94. The summed E-state index contributed by atoms with van der Waals surface area (Å²) in [6, 6.07) is 8.53. The van der Waals surface area contributed by atoms with E-state index in [4.69, 9.17) is 4.42 Å². The number of benzene rings is 1. The number of hydrogen-bond acceptors (Lipinski definition) is 7. The van der Waals surface area contributed by atoms with Gasteiger partial charge in [-0.05, 0) is 34.4 Å². The van der Waals surface area contributed by atoms with Crippen LogP contribution in [0.15, 0.2) is 28.7 Å². The molecule has 0 aliphatic carbocycles. The van der Waals surface area contributed by atoms with Crippen LogP contribution in [0.1, 0.15) is 48.1 Å². The van der Waals surface area contributed by atoms with Crippen LogP contribution in [0, 0.1) is 6.92 Å². The van der Waals surface area contributed by atoms with Gasteiger partial charge in [-0.15, -0.1) is 15.3 Å². The first-order valence-corrected chi connectivity index (χ1v) is 8.60. The highest BCUT2D eigenvalue weighted by atomic mass is 16.4. The summed E-state index contributed by atoms with van der Waals surface area (Å²) in [5, 5.41) is 20.4. The molecule has 0 amide bonds. The number of nitrogens with zero attached hydrogens (tertiary/aromatic N) is 7. The van der Waals surface area contributed by atoms with E-state index in [1.807, 2.05) is 11.6 Å². The summed E-state index contributed by atoms with van der Waals surface area (Å²) in [7, 11) is 0. The van der Waals surface area contributed by atoms with Crippen molar-refractivity contribution in [1.82, 2.24) is 35.3 Å². The van der Waals surface area contributed by atoms with Crippen molar-refractivity contribution >= 4 is 0 Å². The van der Waals surface area contributed by atoms with E-state index in [9.17, 15) is 0 Å². The molecule has 3 heterocycles. The summed E-state index contributed by atoms with van der Waals surface area (Å²) in [5.41, 5.74) is 2.65. The predicted octanol–water partition coefficient (Wildman–Crippen LogP) is 2.07. The lowest BCUT2D eigenvalue weighted by Gasteiger charge is -2.34. The van der Waals surface area contributed by atoms with E-state index in [0.29, 0.717) is 18.3 Å². The van der Waals surface area contributed by atoms with Crippen molar-refractivity contribution in [2.45, 2.75) is 52.4 Å². The molecule has 0 N–H and O–H groups in total. The van der Waals surface area contributed by atoms with Crippen molar-refractivity contribution in [2.24, 2.45) is 0 Å². The van der Waals surface area contributed by atoms with Gasteiger partial charge in [0.1, 0.15) is 0 Å². The van der Waals surface area contributed by atoms with Gasteiger partial charge in [0.25, 0.3) is 0 Å². The molecular formula is C17H21N7O. The van der Waals surface area contributed by atoms with Crippen LogP contribution in [-0.2, 0) is 26.1 Å². The predicted molar refractivity (Wildman–Crippen MR) is 89.3 cm³/mol. The van der Waals surface area contributed by atoms with Gasteiger partial charge >= 0.3 is 0 Å². The molecule has 0 fully saturated rings. The Morgan fingerprint density at radius 1 is 1.16 bits per heavy atom. The summed E-state index contributed by atoms with van der Waals surface area (Å²) < 4.78 is 7.61. The van der Waals surface area contributed by atoms with Gasteiger partial charge in [-0.1, -0.05) is 31.2 Å². The van der Waals surface area contributed by atoms with Gasteiger partial charge in [0.2, 0.25) is 11.8 Å². The quantitative estimate of drug-likeness (QED) is 0.703. The molecule has 2 aromatic heterocycles. The lowest BCUT2D eigenvalue weighted by Crippen LogP contribution is -2.35. The fourth-order valence-corrected chi connectivity index (χ4v) is 3.34. The van der Waals surface area contributed by atoms with Crippen LogP contribution in [0.4, 0.5) is 0 Å². The minimum absolute atomic E-state index is 0.0304. The Labute approximate surface area is 145 Å². The zero-order chi connectivity index (χ0) is 17.2. The van der Waals surface area contributed by atoms with Crippen LogP contribution < -0.4 is 0 Å². The Balaban J connectivity index is 1.66. The van der Waals surface area contributed by atoms with Gasteiger partial charge in [-0.2, -0.15) is 0 Å². The van der Waals surface area contributed by atoms with E-state index in [1.165, 1.54) is 11.1 Å². The highest BCUT2D eigenvalue weighted by Gasteiger charge is 2.32. The standard InChI is InChI=1S/C17H21N7O/c1-3-8-24-16(19-21-22-24)11-23-10-14-7-5-4-6-13(14)9-15(23)17-20-18-12(2)25-17/h4-7,15H,3,8-11H2,1-2H3/t15-/m1/s1. The molecule has 0 unspecified atom stereocenters. The number of hydrogen-bond donors (Lipinski definition) is 0. The Bertz CT molecular complexity index is 856. The van der Waals surface area contributed by atoms with Crippen LogP contribution in [0.5, 0.6) is 0 Å². The smallest absolute Gasteiger partial charge is 0.233 e. The normalized spacial score (nSPS) is 17.6. The van der Waals surface area contributed by atoms with Gasteiger partial charge in [-0.25, -0.2) is 4.68 Å². The Morgan fingerprint density at radius 2 is 2.00 bits per heavy atom. The zero-order valence-corrected chi connectivity index (χ0v) is 14.5. The van der Waals surface area contributed by atoms with E-state index < -0.39 is 0 Å². The number of aromatic nitrogens is 6. The third-order valence-electron chi connectivity index (χ3n) is 4.56. The second-order valence-electron chi connectivity index (χ2n) is 6.37. The van der Waals surface area contributed by atoms with Crippen LogP contribution >= 0.6 is 0 Å². The van der Waals surface area contributed by atoms with Crippen molar-refractivity contribution in [2.75, 3.05) is 0 Å². The highest BCUT2D eigenvalue weighted by molar-refractivity contribution is 5.30. The number of aryl methyl sites for hydroxylation is 2. The molecule has 25 heavy (non-hydrogen) atoms. The van der Waals surface area contributed by atoms with Gasteiger partial charge in [0.05, 0.1) is 12.6 Å². The van der Waals surface area contributed by atoms with Gasteiger partial charge in [0, 0.05) is 20.0 Å². The summed E-state index contributed by atoms with van der Waals surface area (Å²) in [4.78, 5) is 2.31. The van der Waals surface area contributed by atoms with Crippen LogP contribution in [0.3, 0.4) is 0 Å². The summed E-state index contributed by atoms with van der Waals surface area (Å²) in [6.07, 6.45) is 1.83. The monoisotopic (exact) mass is 339 g/mol. The molecule has 1 aliphatic heterocycles. The van der Waals surface area contributed by atoms with E-state index in [-0.39, 0.29) is 6.04 Å². The van der Waals surface area contributed by atoms with Gasteiger partial charge in [0.15, 0.2) is 5.82 Å². The fraction of sp³-hybridized carbons (Fsp3) is 0.471. The average molecular weight is 339 g/mol. The Hall–Kier alpha value is -2.61. The molecule has 1 atom stereocenters. The Kier molecular flexibility index (Phi) is 4.27. The molecule has 4 rings (SSSR count).